The van der Waals surface area contributed by atoms with Crippen LogP contribution in [0.2, 0.25) is 0 Å². The molecule has 1 heterocycles. The Morgan fingerprint density at radius 2 is 1.50 bits per heavy atom. The lowest BCUT2D eigenvalue weighted by atomic mass is 9.91. The minimum absolute atomic E-state index is 0.109. The highest BCUT2D eigenvalue weighted by Gasteiger charge is 2.29. The SMILES string of the molecule is CNC(=O)c1ccc(OC)c(O)c1-c1c(C(=O)NC)ccc(OC)c1OCCN1CCOCC1. The van der Waals surface area contributed by atoms with E-state index in [2.05, 4.69) is 15.5 Å². The lowest BCUT2D eigenvalue weighted by Gasteiger charge is -2.27. The smallest absolute Gasteiger partial charge is 0.251 e. The number of morpholine rings is 1. The molecule has 0 spiro atoms. The van der Waals surface area contributed by atoms with Gasteiger partial charge in [0.2, 0.25) is 0 Å². The quantitative estimate of drug-likeness (QED) is 0.502. The van der Waals surface area contributed by atoms with Gasteiger partial charge in [-0.15, -0.1) is 0 Å². The molecule has 10 nitrogen and oxygen atoms in total. The molecule has 0 aliphatic carbocycles. The van der Waals surface area contributed by atoms with Gasteiger partial charge in [0.05, 0.1) is 38.6 Å². The summed E-state index contributed by atoms with van der Waals surface area (Å²) in [7, 11) is 5.88. The largest absolute Gasteiger partial charge is 0.504 e. The van der Waals surface area contributed by atoms with Gasteiger partial charge in [0.1, 0.15) is 6.61 Å². The molecule has 1 fully saturated rings. The summed E-state index contributed by atoms with van der Waals surface area (Å²) >= 11 is 0. The normalized spacial score (nSPS) is 13.8. The Balaban J connectivity index is 2.19. The van der Waals surface area contributed by atoms with Crippen molar-refractivity contribution in [3.05, 3.63) is 35.4 Å². The monoisotopic (exact) mass is 473 g/mol. The molecule has 2 amide bonds. The summed E-state index contributed by atoms with van der Waals surface area (Å²) in [6, 6.07) is 6.20. The number of rotatable bonds is 9. The van der Waals surface area contributed by atoms with Gasteiger partial charge in [-0.25, -0.2) is 0 Å². The highest BCUT2D eigenvalue weighted by Crippen LogP contribution is 2.48. The standard InChI is InChI=1S/C24H31N3O7/c1-25-23(29)15-5-7-17(31-3)21(28)19(15)20-16(24(30)26-2)6-8-18(32-4)22(20)34-14-11-27-9-12-33-13-10-27/h5-8,28H,9-14H2,1-4H3,(H,25,29)(H,26,30). The van der Waals surface area contributed by atoms with Crippen molar-refractivity contribution < 1.29 is 33.6 Å². The maximum atomic E-state index is 12.9. The van der Waals surface area contributed by atoms with E-state index in [9.17, 15) is 14.7 Å². The van der Waals surface area contributed by atoms with Gasteiger partial charge in [-0.3, -0.25) is 14.5 Å². The number of carbonyl (C=O) groups is 2. The zero-order valence-corrected chi connectivity index (χ0v) is 19.9. The summed E-state index contributed by atoms with van der Waals surface area (Å²) in [5, 5.41) is 16.3. The highest BCUT2D eigenvalue weighted by molar-refractivity contribution is 6.09. The third kappa shape index (κ3) is 5.18. The van der Waals surface area contributed by atoms with E-state index in [0.29, 0.717) is 32.1 Å². The van der Waals surface area contributed by atoms with Crippen molar-refractivity contribution in [3.63, 3.8) is 0 Å². The van der Waals surface area contributed by atoms with Gasteiger partial charge in [0, 0.05) is 44.9 Å². The van der Waals surface area contributed by atoms with Crippen molar-refractivity contribution in [3.8, 4) is 34.1 Å². The number of nitrogens with one attached hydrogen (secondary N) is 2. The Morgan fingerprint density at radius 3 is 2.06 bits per heavy atom. The molecule has 0 unspecified atom stereocenters. The zero-order valence-electron chi connectivity index (χ0n) is 19.9. The first-order valence-corrected chi connectivity index (χ1v) is 10.9. The van der Waals surface area contributed by atoms with E-state index < -0.39 is 11.8 Å². The van der Waals surface area contributed by atoms with Crippen LogP contribution in [0.15, 0.2) is 24.3 Å². The summed E-state index contributed by atoms with van der Waals surface area (Å²) < 4.78 is 22.4. The second-order valence-corrected chi connectivity index (χ2v) is 7.52. The summed E-state index contributed by atoms with van der Waals surface area (Å²) in [5.41, 5.74) is 0.698. The Kier molecular flexibility index (Phi) is 8.55. The van der Waals surface area contributed by atoms with Gasteiger partial charge in [-0.1, -0.05) is 0 Å². The first kappa shape index (κ1) is 25.1. The number of hydrogen-bond acceptors (Lipinski definition) is 8. The van der Waals surface area contributed by atoms with Crippen LogP contribution in [0.4, 0.5) is 0 Å². The molecule has 0 aromatic heterocycles. The van der Waals surface area contributed by atoms with E-state index in [4.69, 9.17) is 18.9 Å². The number of hydrogen-bond donors (Lipinski definition) is 3. The average molecular weight is 474 g/mol. The van der Waals surface area contributed by atoms with E-state index in [1.54, 1.807) is 12.1 Å². The van der Waals surface area contributed by atoms with E-state index in [0.717, 1.165) is 13.1 Å². The topological polar surface area (TPSA) is 119 Å². The molecule has 10 heteroatoms. The van der Waals surface area contributed by atoms with E-state index >= 15 is 0 Å². The number of amides is 2. The highest BCUT2D eigenvalue weighted by atomic mass is 16.5. The Hall–Kier alpha value is -3.50. The molecular weight excluding hydrogens is 442 g/mol. The fraction of sp³-hybridized carbons (Fsp3) is 0.417. The van der Waals surface area contributed by atoms with Crippen molar-refractivity contribution in [2.24, 2.45) is 0 Å². The van der Waals surface area contributed by atoms with Gasteiger partial charge >= 0.3 is 0 Å². The molecule has 2 aromatic carbocycles. The minimum Gasteiger partial charge on any atom is -0.504 e. The molecule has 0 bridgehead atoms. The second kappa shape index (κ2) is 11.6. The van der Waals surface area contributed by atoms with E-state index in [-0.39, 0.29) is 39.5 Å². The molecule has 1 saturated heterocycles. The molecule has 1 aliphatic rings. The Labute approximate surface area is 198 Å². The molecule has 184 valence electrons. The summed E-state index contributed by atoms with van der Waals surface area (Å²) in [5.74, 6) is -0.411. The van der Waals surface area contributed by atoms with Gasteiger partial charge < -0.3 is 34.7 Å². The summed E-state index contributed by atoms with van der Waals surface area (Å²) in [4.78, 5) is 27.8. The number of methoxy groups -OCH3 is 2. The number of carbonyl (C=O) groups excluding carboxylic acids is 2. The maximum absolute atomic E-state index is 12.9. The van der Waals surface area contributed by atoms with Crippen molar-refractivity contribution >= 4 is 11.8 Å². The fourth-order valence-electron chi connectivity index (χ4n) is 3.85. The molecule has 3 N–H and O–H groups in total. The molecule has 0 atom stereocenters. The Bertz CT molecular complexity index is 1040. The molecule has 3 rings (SSSR count). The van der Waals surface area contributed by atoms with E-state index in [1.807, 2.05) is 0 Å². The average Bonchev–Trinajstić information content (AvgIpc) is 2.88. The van der Waals surface area contributed by atoms with Crippen LogP contribution < -0.4 is 24.8 Å². The van der Waals surface area contributed by atoms with Crippen LogP contribution in [-0.2, 0) is 4.74 Å². The number of aromatic hydroxyl groups is 1. The van der Waals surface area contributed by atoms with Crippen LogP contribution in [0.3, 0.4) is 0 Å². The number of ether oxygens (including phenoxy) is 4. The second-order valence-electron chi connectivity index (χ2n) is 7.52. The van der Waals surface area contributed by atoms with Crippen LogP contribution in [-0.4, -0.2) is 89.6 Å². The fourth-order valence-corrected chi connectivity index (χ4v) is 3.85. The van der Waals surface area contributed by atoms with Crippen molar-refractivity contribution in [1.29, 1.82) is 0 Å². The van der Waals surface area contributed by atoms with Gasteiger partial charge in [0.15, 0.2) is 23.0 Å². The molecule has 34 heavy (non-hydrogen) atoms. The van der Waals surface area contributed by atoms with Gasteiger partial charge in [-0.05, 0) is 24.3 Å². The van der Waals surface area contributed by atoms with Crippen molar-refractivity contribution in [1.82, 2.24) is 15.5 Å². The number of nitrogens with zero attached hydrogens (tertiary/aromatic N) is 1. The first-order chi connectivity index (χ1) is 16.5. The van der Waals surface area contributed by atoms with Crippen LogP contribution in [0, 0.1) is 0 Å². The molecule has 1 aliphatic heterocycles. The van der Waals surface area contributed by atoms with Crippen molar-refractivity contribution in [2.75, 3.05) is 67.8 Å². The molecular formula is C24H31N3O7. The lowest BCUT2D eigenvalue weighted by Crippen LogP contribution is -2.38. The third-order valence-electron chi connectivity index (χ3n) is 5.65. The van der Waals surface area contributed by atoms with Crippen molar-refractivity contribution in [2.45, 2.75) is 0 Å². The minimum atomic E-state index is -0.446. The van der Waals surface area contributed by atoms with Gasteiger partial charge in [0.25, 0.3) is 11.8 Å². The van der Waals surface area contributed by atoms with Crippen LogP contribution in [0.25, 0.3) is 11.1 Å². The number of phenols is 1. The molecule has 0 radical (unpaired) electrons. The molecule has 0 saturated carbocycles. The van der Waals surface area contributed by atoms with Gasteiger partial charge in [-0.2, -0.15) is 0 Å². The number of phenolic OH excluding ortho intramolecular Hbond substituents is 1. The molecule has 2 aromatic rings. The predicted octanol–water partition coefficient (Wildman–Crippen LogP) is 1.51. The first-order valence-electron chi connectivity index (χ1n) is 10.9. The van der Waals surface area contributed by atoms with E-state index in [1.165, 1.54) is 40.4 Å². The van der Waals surface area contributed by atoms with Crippen LogP contribution in [0.1, 0.15) is 20.7 Å². The summed E-state index contributed by atoms with van der Waals surface area (Å²) in [6.07, 6.45) is 0. The predicted molar refractivity (Wildman–Crippen MR) is 126 cm³/mol. The Morgan fingerprint density at radius 1 is 0.941 bits per heavy atom. The van der Waals surface area contributed by atoms with Crippen LogP contribution in [0.5, 0.6) is 23.0 Å². The summed E-state index contributed by atoms with van der Waals surface area (Å²) in [6.45, 7) is 3.83. The van der Waals surface area contributed by atoms with Crippen LogP contribution >= 0.6 is 0 Å². The third-order valence-corrected chi connectivity index (χ3v) is 5.65. The maximum Gasteiger partial charge on any atom is 0.251 e. The zero-order chi connectivity index (χ0) is 24.7. The lowest BCUT2D eigenvalue weighted by molar-refractivity contribution is 0.0321. The number of benzene rings is 2.